The first kappa shape index (κ1) is 26.8. The van der Waals surface area contributed by atoms with Crippen LogP contribution in [0.4, 0.5) is 0 Å². The van der Waals surface area contributed by atoms with E-state index in [9.17, 15) is 0 Å². The average Bonchev–Trinajstić information content (AvgIpc) is 2.94. The van der Waals surface area contributed by atoms with Crippen molar-refractivity contribution in [3.05, 3.63) is 144 Å². The summed E-state index contributed by atoms with van der Waals surface area (Å²) in [4.78, 5) is 8.73. The van der Waals surface area contributed by atoms with Gasteiger partial charge in [0.25, 0.3) is 0 Å². The molecule has 0 fully saturated rings. The van der Waals surface area contributed by atoms with Crippen molar-refractivity contribution in [3.8, 4) is 0 Å². The lowest BCUT2D eigenvalue weighted by Crippen LogP contribution is -2.32. The molecule has 0 bridgehead atoms. The van der Waals surface area contributed by atoms with Crippen LogP contribution in [0.15, 0.2) is 121 Å². The molecule has 1 N–H and O–H groups in total. The maximum atomic E-state index is 6.22. The van der Waals surface area contributed by atoms with E-state index in [0.29, 0.717) is 6.61 Å². The number of hydrogen-bond donors (Lipinski definition) is 1. The number of rotatable bonds is 16. The fourth-order valence-electron chi connectivity index (χ4n) is 4.37. The van der Waals surface area contributed by atoms with Crippen molar-refractivity contribution < 1.29 is 4.84 Å². The van der Waals surface area contributed by atoms with Crippen molar-refractivity contribution in [2.75, 3.05) is 26.2 Å². The highest BCUT2D eigenvalue weighted by Crippen LogP contribution is 2.12. The van der Waals surface area contributed by atoms with Crippen LogP contribution >= 0.6 is 0 Å². The summed E-state index contributed by atoms with van der Waals surface area (Å²) in [7, 11) is 0. The van der Waals surface area contributed by atoms with Crippen molar-refractivity contribution in [2.45, 2.75) is 32.6 Å². The predicted octanol–water partition coefficient (Wildman–Crippen LogP) is 6.30. The zero-order valence-electron chi connectivity index (χ0n) is 21.7. The highest BCUT2D eigenvalue weighted by Gasteiger charge is 2.09. The van der Waals surface area contributed by atoms with Crippen LogP contribution in [0.25, 0.3) is 0 Å². The molecule has 0 spiro atoms. The second-order valence-electron chi connectivity index (χ2n) is 9.39. The van der Waals surface area contributed by atoms with Gasteiger partial charge in [0.05, 0.1) is 6.61 Å². The van der Waals surface area contributed by atoms with E-state index in [1.165, 1.54) is 22.3 Å². The maximum absolute atomic E-state index is 6.22. The Bertz CT molecular complexity index is 933. The molecule has 0 saturated heterocycles. The van der Waals surface area contributed by atoms with Gasteiger partial charge in [-0.3, -0.25) is 9.74 Å². The molecule has 0 aliphatic carbocycles. The molecule has 0 heterocycles. The van der Waals surface area contributed by atoms with Crippen LogP contribution in [0.5, 0.6) is 0 Å². The van der Waals surface area contributed by atoms with Crippen molar-refractivity contribution in [2.24, 2.45) is 0 Å². The zero-order valence-corrected chi connectivity index (χ0v) is 21.7. The molecule has 0 aromatic heterocycles. The lowest BCUT2D eigenvalue weighted by atomic mass is 10.1. The van der Waals surface area contributed by atoms with Crippen molar-refractivity contribution in [1.29, 1.82) is 0 Å². The van der Waals surface area contributed by atoms with Gasteiger partial charge in [0.2, 0.25) is 0 Å². The smallest absolute Gasteiger partial charge is 0.0697 e. The molecule has 4 heteroatoms. The molecule has 37 heavy (non-hydrogen) atoms. The van der Waals surface area contributed by atoms with Gasteiger partial charge in [-0.2, -0.15) is 5.06 Å². The normalized spacial score (nSPS) is 11.3. The number of benzene rings is 4. The van der Waals surface area contributed by atoms with Crippen molar-refractivity contribution >= 4 is 0 Å². The average molecular weight is 494 g/mol. The van der Waals surface area contributed by atoms with Gasteiger partial charge in [0.15, 0.2) is 0 Å². The van der Waals surface area contributed by atoms with Crippen molar-refractivity contribution in [3.63, 3.8) is 0 Å². The van der Waals surface area contributed by atoms with E-state index in [4.69, 9.17) is 4.84 Å². The quantitative estimate of drug-likeness (QED) is 0.146. The third-order valence-corrected chi connectivity index (χ3v) is 6.28. The van der Waals surface area contributed by atoms with Crippen LogP contribution in [-0.2, 0) is 31.0 Å². The van der Waals surface area contributed by atoms with Gasteiger partial charge in [-0.25, -0.2) is 0 Å². The number of nitrogens with one attached hydrogen (secondary N) is 1. The molecular formula is C33H39N3O. The molecular weight excluding hydrogens is 454 g/mol. The lowest BCUT2D eigenvalue weighted by molar-refractivity contribution is -0.174. The minimum absolute atomic E-state index is 0.699. The first-order valence-corrected chi connectivity index (χ1v) is 13.3. The Balaban J connectivity index is 1.20. The predicted molar refractivity (Wildman–Crippen MR) is 153 cm³/mol. The maximum Gasteiger partial charge on any atom is 0.0697 e. The van der Waals surface area contributed by atoms with Gasteiger partial charge >= 0.3 is 0 Å². The topological polar surface area (TPSA) is 27.7 Å². The third-order valence-electron chi connectivity index (χ3n) is 6.28. The summed E-state index contributed by atoms with van der Waals surface area (Å²) in [5.41, 5.74) is 5.22. The number of nitrogens with zero attached hydrogens (tertiary/aromatic N) is 2. The summed E-state index contributed by atoms with van der Waals surface area (Å²) in [6.07, 6.45) is 0.970. The molecule has 0 atom stereocenters. The van der Waals surface area contributed by atoms with Crippen LogP contribution in [0.1, 0.15) is 28.7 Å². The molecule has 0 aliphatic rings. The van der Waals surface area contributed by atoms with Crippen LogP contribution in [0.3, 0.4) is 0 Å². The summed E-state index contributed by atoms with van der Waals surface area (Å²) in [5.74, 6) is 0. The Hall–Kier alpha value is -3.28. The number of hydrogen-bond acceptors (Lipinski definition) is 4. The van der Waals surface area contributed by atoms with E-state index in [1.54, 1.807) is 0 Å². The van der Waals surface area contributed by atoms with E-state index in [-0.39, 0.29) is 0 Å². The highest BCUT2D eigenvalue weighted by molar-refractivity contribution is 5.18. The highest BCUT2D eigenvalue weighted by atomic mass is 16.7. The standard InChI is InChI=1S/C33H39N3O/c1-5-14-30(15-6-1)26-35(27-31-16-7-2-8-17-31)24-23-34-22-13-25-37-36(28-32-18-9-3-10-19-32)29-33-20-11-4-12-21-33/h1-12,14-21,34H,13,22-29H2. The Morgan fingerprint density at radius 1 is 0.486 bits per heavy atom. The first-order valence-electron chi connectivity index (χ1n) is 13.3. The summed E-state index contributed by atoms with van der Waals surface area (Å²) in [6, 6.07) is 42.5. The van der Waals surface area contributed by atoms with Crippen molar-refractivity contribution in [1.82, 2.24) is 15.3 Å². The van der Waals surface area contributed by atoms with Gasteiger partial charge in [-0.1, -0.05) is 121 Å². The SMILES string of the molecule is c1ccc(CN(CCNCCCON(Cc2ccccc2)Cc2ccccc2)Cc2ccccc2)cc1. The zero-order chi connectivity index (χ0) is 25.4. The molecule has 4 aromatic carbocycles. The molecule has 0 radical (unpaired) electrons. The monoisotopic (exact) mass is 493 g/mol. The summed E-state index contributed by atoms with van der Waals surface area (Å²) in [5, 5.41) is 5.70. The van der Waals surface area contributed by atoms with Crippen LogP contribution in [-0.4, -0.2) is 36.2 Å². The Morgan fingerprint density at radius 2 is 0.892 bits per heavy atom. The minimum atomic E-state index is 0.699. The molecule has 0 aliphatic heterocycles. The molecule has 0 saturated carbocycles. The second kappa shape index (κ2) is 15.7. The lowest BCUT2D eigenvalue weighted by Gasteiger charge is -2.23. The molecule has 4 nitrogen and oxygen atoms in total. The van der Waals surface area contributed by atoms with E-state index in [0.717, 1.165) is 52.2 Å². The number of hydroxylamine groups is 2. The molecule has 4 aromatic rings. The Labute approximate surface area is 222 Å². The fourth-order valence-corrected chi connectivity index (χ4v) is 4.37. The Kier molecular flexibility index (Phi) is 11.4. The molecule has 192 valence electrons. The molecule has 0 unspecified atom stereocenters. The van der Waals surface area contributed by atoms with E-state index in [1.807, 2.05) is 0 Å². The summed E-state index contributed by atoms with van der Waals surface area (Å²) >= 11 is 0. The van der Waals surface area contributed by atoms with Crippen LogP contribution < -0.4 is 5.32 Å². The largest absolute Gasteiger partial charge is 0.315 e. The third kappa shape index (κ3) is 10.3. The molecule has 4 rings (SSSR count). The van der Waals surface area contributed by atoms with Gasteiger partial charge in [-0.15, -0.1) is 0 Å². The van der Waals surface area contributed by atoms with Gasteiger partial charge < -0.3 is 5.32 Å². The second-order valence-corrected chi connectivity index (χ2v) is 9.39. The van der Waals surface area contributed by atoms with Gasteiger partial charge in [0.1, 0.15) is 0 Å². The van der Waals surface area contributed by atoms with E-state index >= 15 is 0 Å². The molecule has 0 amide bonds. The van der Waals surface area contributed by atoms with Gasteiger partial charge in [-0.05, 0) is 35.2 Å². The summed E-state index contributed by atoms with van der Waals surface area (Å²) in [6.45, 7) is 7.05. The Morgan fingerprint density at radius 3 is 1.32 bits per heavy atom. The minimum Gasteiger partial charge on any atom is -0.315 e. The van der Waals surface area contributed by atoms with Crippen LogP contribution in [0.2, 0.25) is 0 Å². The van der Waals surface area contributed by atoms with E-state index < -0.39 is 0 Å². The van der Waals surface area contributed by atoms with E-state index in [2.05, 4.69) is 137 Å². The first-order chi connectivity index (χ1) is 18.3. The fraction of sp³-hybridized carbons (Fsp3) is 0.273. The summed E-state index contributed by atoms with van der Waals surface area (Å²) < 4.78 is 0. The van der Waals surface area contributed by atoms with Gasteiger partial charge in [0, 0.05) is 39.3 Å². The van der Waals surface area contributed by atoms with Crippen LogP contribution in [0, 0.1) is 0 Å².